The molecule has 0 radical (unpaired) electrons. The zero-order valence-corrected chi connectivity index (χ0v) is 18.1. The van der Waals surface area contributed by atoms with Gasteiger partial charge in [0.05, 0.1) is 0 Å². The number of ether oxygens (including phenoxy) is 1. The van der Waals surface area contributed by atoms with Crippen LogP contribution in [-0.2, 0) is 14.8 Å². The van der Waals surface area contributed by atoms with Crippen molar-refractivity contribution in [1.29, 1.82) is 0 Å². The molecule has 2 heterocycles. The molecule has 31 heavy (non-hydrogen) atoms. The van der Waals surface area contributed by atoms with E-state index in [2.05, 4.69) is 10.5 Å². The first-order valence-corrected chi connectivity index (χ1v) is 11.4. The van der Waals surface area contributed by atoms with E-state index in [0.29, 0.717) is 30.0 Å². The van der Waals surface area contributed by atoms with Crippen LogP contribution in [0.4, 0.5) is 5.69 Å². The Morgan fingerprint density at radius 1 is 1.10 bits per heavy atom. The molecule has 0 spiro atoms. The molecule has 1 fully saturated rings. The van der Waals surface area contributed by atoms with Gasteiger partial charge in [0.1, 0.15) is 28.1 Å². The Balaban J connectivity index is 1.46. The molecule has 1 amide bonds. The van der Waals surface area contributed by atoms with Crippen molar-refractivity contribution in [3.05, 3.63) is 66.1 Å². The fraction of sp³-hybridized carbons (Fsp3) is 0.273. The van der Waals surface area contributed by atoms with E-state index in [1.807, 2.05) is 30.3 Å². The van der Waals surface area contributed by atoms with Gasteiger partial charge in [0, 0.05) is 12.2 Å². The number of sulfonamides is 1. The molecule has 1 aliphatic heterocycles. The first-order valence-electron chi connectivity index (χ1n) is 9.95. The van der Waals surface area contributed by atoms with E-state index in [9.17, 15) is 13.2 Å². The van der Waals surface area contributed by atoms with Crippen LogP contribution in [-0.4, -0.2) is 36.4 Å². The van der Waals surface area contributed by atoms with Crippen molar-refractivity contribution < 1.29 is 22.5 Å². The highest BCUT2D eigenvalue weighted by Gasteiger charge is 2.41. The standard InChI is InChI=1S/C22H23N3O5S/c1-15-21(16(2)30-24-15)31(27,28)25-14-6-9-20(25)22(26)23-17-10-12-19(13-11-17)29-18-7-4-3-5-8-18/h3-5,7-8,10-13,20H,6,9,14H2,1-2H3,(H,23,26)/t20-/m1/s1. The predicted octanol–water partition coefficient (Wildman–Crippen LogP) is 3.88. The second-order valence-corrected chi connectivity index (χ2v) is 9.18. The van der Waals surface area contributed by atoms with Gasteiger partial charge < -0.3 is 14.6 Å². The Morgan fingerprint density at radius 3 is 2.42 bits per heavy atom. The van der Waals surface area contributed by atoms with E-state index < -0.39 is 16.1 Å². The molecular formula is C22H23N3O5S. The monoisotopic (exact) mass is 441 g/mol. The third kappa shape index (κ3) is 4.33. The third-order valence-corrected chi connectivity index (χ3v) is 7.29. The van der Waals surface area contributed by atoms with Crippen molar-refractivity contribution in [2.75, 3.05) is 11.9 Å². The number of rotatable bonds is 6. The SMILES string of the molecule is Cc1noc(C)c1S(=O)(=O)N1CCC[C@@H]1C(=O)Nc1ccc(Oc2ccccc2)cc1. The molecule has 3 aromatic rings. The van der Waals surface area contributed by atoms with Crippen LogP contribution in [0.5, 0.6) is 11.5 Å². The number of para-hydroxylation sites is 1. The van der Waals surface area contributed by atoms with Crippen LogP contribution in [0.1, 0.15) is 24.3 Å². The summed E-state index contributed by atoms with van der Waals surface area (Å²) in [6, 6.07) is 15.5. The van der Waals surface area contributed by atoms with E-state index in [1.54, 1.807) is 38.1 Å². The number of amides is 1. The first-order chi connectivity index (χ1) is 14.9. The molecule has 1 atom stereocenters. The van der Waals surface area contributed by atoms with Gasteiger partial charge in [-0.25, -0.2) is 8.42 Å². The quantitative estimate of drug-likeness (QED) is 0.623. The maximum Gasteiger partial charge on any atom is 0.249 e. The van der Waals surface area contributed by atoms with E-state index in [-0.39, 0.29) is 28.8 Å². The van der Waals surface area contributed by atoms with Gasteiger partial charge in [-0.15, -0.1) is 0 Å². The summed E-state index contributed by atoms with van der Waals surface area (Å²) < 4.78 is 38.3. The fourth-order valence-corrected chi connectivity index (χ4v) is 5.66. The van der Waals surface area contributed by atoms with Crippen molar-refractivity contribution in [1.82, 2.24) is 9.46 Å². The average Bonchev–Trinajstić information content (AvgIpc) is 3.38. The van der Waals surface area contributed by atoms with Crippen molar-refractivity contribution in [3.8, 4) is 11.5 Å². The fourth-order valence-electron chi connectivity index (χ4n) is 3.71. The van der Waals surface area contributed by atoms with Gasteiger partial charge in [-0.2, -0.15) is 4.31 Å². The van der Waals surface area contributed by atoms with E-state index in [1.165, 1.54) is 4.31 Å². The summed E-state index contributed by atoms with van der Waals surface area (Å²) >= 11 is 0. The highest BCUT2D eigenvalue weighted by atomic mass is 32.2. The molecule has 9 heteroatoms. The van der Waals surface area contributed by atoms with Gasteiger partial charge in [-0.3, -0.25) is 4.79 Å². The molecule has 0 unspecified atom stereocenters. The van der Waals surface area contributed by atoms with Crippen LogP contribution in [0.15, 0.2) is 64.0 Å². The Kier molecular flexibility index (Phi) is 5.79. The lowest BCUT2D eigenvalue weighted by Crippen LogP contribution is -2.43. The molecular weight excluding hydrogens is 418 g/mol. The van der Waals surface area contributed by atoms with Gasteiger partial charge >= 0.3 is 0 Å². The third-order valence-electron chi connectivity index (χ3n) is 5.14. The molecule has 4 rings (SSSR count). The number of aromatic nitrogens is 1. The van der Waals surface area contributed by atoms with Crippen molar-refractivity contribution in [3.63, 3.8) is 0 Å². The normalized spacial score (nSPS) is 16.9. The van der Waals surface area contributed by atoms with Crippen molar-refractivity contribution in [2.24, 2.45) is 0 Å². The molecule has 1 saturated heterocycles. The van der Waals surface area contributed by atoms with Gasteiger partial charge in [0.25, 0.3) is 0 Å². The van der Waals surface area contributed by atoms with E-state index >= 15 is 0 Å². The maximum atomic E-state index is 13.2. The smallest absolute Gasteiger partial charge is 0.249 e. The van der Waals surface area contributed by atoms with Gasteiger partial charge in [-0.05, 0) is 63.1 Å². The highest BCUT2D eigenvalue weighted by Crippen LogP contribution is 2.30. The lowest BCUT2D eigenvalue weighted by atomic mass is 10.2. The Morgan fingerprint density at radius 2 is 1.77 bits per heavy atom. The van der Waals surface area contributed by atoms with Gasteiger partial charge in [-0.1, -0.05) is 23.4 Å². The van der Waals surface area contributed by atoms with Crippen LogP contribution < -0.4 is 10.1 Å². The number of aryl methyl sites for hydroxylation is 2. The lowest BCUT2D eigenvalue weighted by molar-refractivity contribution is -0.119. The molecule has 0 bridgehead atoms. The van der Waals surface area contributed by atoms with Crippen LogP contribution in [0, 0.1) is 13.8 Å². The average molecular weight is 442 g/mol. The Labute approximate surface area is 180 Å². The molecule has 1 aliphatic rings. The number of hydrogen-bond donors (Lipinski definition) is 1. The van der Waals surface area contributed by atoms with E-state index in [0.717, 1.165) is 0 Å². The predicted molar refractivity (Wildman–Crippen MR) is 114 cm³/mol. The van der Waals surface area contributed by atoms with Crippen LogP contribution >= 0.6 is 0 Å². The molecule has 0 saturated carbocycles. The Hall–Kier alpha value is -3.17. The number of nitrogens with one attached hydrogen (secondary N) is 1. The molecule has 0 aliphatic carbocycles. The summed E-state index contributed by atoms with van der Waals surface area (Å²) in [6.07, 6.45) is 1.05. The molecule has 2 aromatic carbocycles. The Bertz CT molecular complexity index is 1150. The second kappa shape index (κ2) is 8.52. The van der Waals surface area contributed by atoms with Crippen molar-refractivity contribution in [2.45, 2.75) is 37.6 Å². The zero-order chi connectivity index (χ0) is 22.0. The minimum atomic E-state index is -3.89. The largest absolute Gasteiger partial charge is 0.457 e. The zero-order valence-electron chi connectivity index (χ0n) is 17.2. The van der Waals surface area contributed by atoms with Gasteiger partial charge in [0.15, 0.2) is 5.76 Å². The minimum Gasteiger partial charge on any atom is -0.457 e. The molecule has 162 valence electrons. The van der Waals surface area contributed by atoms with Gasteiger partial charge in [0.2, 0.25) is 15.9 Å². The lowest BCUT2D eigenvalue weighted by Gasteiger charge is -2.23. The minimum absolute atomic E-state index is 0.0367. The summed E-state index contributed by atoms with van der Waals surface area (Å²) in [7, 11) is -3.89. The maximum absolute atomic E-state index is 13.2. The summed E-state index contributed by atoms with van der Waals surface area (Å²) in [4.78, 5) is 12.9. The topological polar surface area (TPSA) is 102 Å². The van der Waals surface area contributed by atoms with Crippen LogP contribution in [0.2, 0.25) is 0 Å². The van der Waals surface area contributed by atoms with Crippen LogP contribution in [0.3, 0.4) is 0 Å². The molecule has 1 N–H and O–H groups in total. The molecule has 8 nitrogen and oxygen atoms in total. The van der Waals surface area contributed by atoms with Crippen molar-refractivity contribution >= 4 is 21.6 Å². The molecule has 1 aromatic heterocycles. The number of benzene rings is 2. The number of nitrogens with zero attached hydrogens (tertiary/aromatic N) is 2. The summed E-state index contributed by atoms with van der Waals surface area (Å²) in [5.41, 5.74) is 0.851. The summed E-state index contributed by atoms with van der Waals surface area (Å²) in [6.45, 7) is 3.40. The summed E-state index contributed by atoms with van der Waals surface area (Å²) in [5, 5.41) is 6.55. The number of hydrogen-bond acceptors (Lipinski definition) is 6. The second-order valence-electron chi connectivity index (χ2n) is 7.36. The number of anilines is 1. The van der Waals surface area contributed by atoms with E-state index in [4.69, 9.17) is 9.26 Å². The van der Waals surface area contributed by atoms with Crippen LogP contribution in [0.25, 0.3) is 0 Å². The summed E-state index contributed by atoms with van der Waals surface area (Å²) in [5.74, 6) is 1.19. The number of carbonyl (C=O) groups is 1. The first kappa shape index (κ1) is 21.1. The number of carbonyl (C=O) groups excluding carboxylic acids is 1. The highest BCUT2D eigenvalue weighted by molar-refractivity contribution is 7.89.